The van der Waals surface area contributed by atoms with Crippen LogP contribution in [-0.4, -0.2) is 37.1 Å². The number of phosphoric acid groups is 2. The molecule has 0 aliphatic carbocycles. The Bertz CT molecular complexity index is 888. The van der Waals surface area contributed by atoms with Gasteiger partial charge >= 0.3 is 15.6 Å². The fourth-order valence-corrected chi connectivity index (χ4v) is 3.93. The fourth-order valence-electron chi connectivity index (χ4n) is 2.82. The summed E-state index contributed by atoms with van der Waals surface area (Å²) in [5, 5.41) is 8.07. The molecule has 29 heavy (non-hydrogen) atoms. The van der Waals surface area contributed by atoms with Crippen molar-refractivity contribution in [2.24, 2.45) is 0 Å². The van der Waals surface area contributed by atoms with Crippen LogP contribution in [0, 0.1) is 5.41 Å². The third-order valence-electron chi connectivity index (χ3n) is 3.83. The van der Waals surface area contributed by atoms with E-state index in [0.29, 0.717) is 19.7 Å². The van der Waals surface area contributed by atoms with Gasteiger partial charge in [0.25, 0.3) is 6.02 Å². The van der Waals surface area contributed by atoms with Crippen LogP contribution in [0.5, 0.6) is 0 Å². The Morgan fingerprint density at radius 3 is 1.69 bits per heavy atom. The highest BCUT2D eigenvalue weighted by Crippen LogP contribution is 2.53. The summed E-state index contributed by atoms with van der Waals surface area (Å²) in [6, 6.07) is 17.1. The van der Waals surface area contributed by atoms with Gasteiger partial charge in [0, 0.05) is 13.1 Å². The van der Waals surface area contributed by atoms with E-state index in [1.54, 1.807) is 0 Å². The molecule has 0 unspecified atom stereocenters. The number of fused-ring (bicyclic) bond motifs is 3. The molecule has 0 radical (unpaired) electrons. The molecule has 0 saturated heterocycles. The van der Waals surface area contributed by atoms with Gasteiger partial charge in [-0.2, -0.15) is 4.31 Å². The first kappa shape index (κ1) is 23.3. The van der Waals surface area contributed by atoms with Gasteiger partial charge in [-0.25, -0.2) is 9.13 Å². The quantitative estimate of drug-likeness (QED) is 0.272. The summed E-state index contributed by atoms with van der Waals surface area (Å²) in [7, 11) is -10.1. The molecule has 0 spiro atoms. The SMILES string of the molecule is CCOC(=N)N1Cc2ccccc2-c2ccccc2C1.O=P(O)(O)OP(=O)(O)O. The third-order valence-corrected chi connectivity index (χ3v) is 5.53. The second kappa shape index (κ2) is 9.65. The highest BCUT2D eigenvalue weighted by molar-refractivity contribution is 7.60. The third kappa shape index (κ3) is 7.38. The predicted octanol–water partition coefficient (Wildman–Crippen LogP) is 2.83. The first-order valence-electron chi connectivity index (χ1n) is 8.45. The Morgan fingerprint density at radius 1 is 0.931 bits per heavy atom. The molecule has 0 fully saturated rings. The number of rotatable bonds is 3. The Hall–Kier alpha value is -2.03. The average molecular weight is 444 g/mol. The van der Waals surface area contributed by atoms with Gasteiger partial charge in [-0.1, -0.05) is 48.5 Å². The van der Waals surface area contributed by atoms with E-state index in [4.69, 9.17) is 29.7 Å². The van der Waals surface area contributed by atoms with Crippen molar-refractivity contribution in [1.29, 1.82) is 5.41 Å². The van der Waals surface area contributed by atoms with Crippen molar-refractivity contribution in [3.63, 3.8) is 0 Å². The number of nitrogens with zero attached hydrogens (tertiary/aromatic N) is 1. The summed E-state index contributed by atoms with van der Waals surface area (Å²) in [5.41, 5.74) is 4.99. The maximum absolute atomic E-state index is 9.63. The van der Waals surface area contributed by atoms with E-state index in [9.17, 15) is 9.13 Å². The summed E-state index contributed by atoms with van der Waals surface area (Å²) in [6.45, 7) is 3.86. The molecule has 158 valence electrons. The van der Waals surface area contributed by atoms with Crippen molar-refractivity contribution >= 4 is 21.7 Å². The highest BCUT2D eigenvalue weighted by Gasteiger charge is 2.28. The number of amidine groups is 1. The maximum atomic E-state index is 9.63. The molecule has 1 aliphatic heterocycles. The lowest BCUT2D eigenvalue weighted by Gasteiger charge is -2.23. The normalized spacial score (nSPS) is 13.3. The zero-order valence-electron chi connectivity index (χ0n) is 15.5. The average Bonchev–Trinajstić information content (AvgIpc) is 2.76. The number of ether oxygens (including phenoxy) is 1. The number of nitrogens with one attached hydrogen (secondary N) is 1. The molecule has 0 atom stereocenters. The standard InChI is InChI=1S/C17H18N2O.H4O7P2/c1-2-20-17(18)19-11-13-7-3-5-9-15(13)16-10-6-4-8-14(16)12-19;1-8(2,3)7-9(4,5)6/h3-10,18H,2,11-12H2,1H3;(H2,1,2,3)(H2,4,5,6). The molecule has 1 heterocycles. The van der Waals surface area contributed by atoms with E-state index in [2.05, 4.69) is 52.8 Å². The summed E-state index contributed by atoms with van der Waals surface area (Å²) in [6.07, 6.45) is 0. The molecule has 1 aliphatic rings. The molecule has 10 nitrogen and oxygen atoms in total. The van der Waals surface area contributed by atoms with Crippen molar-refractivity contribution in [2.45, 2.75) is 20.0 Å². The van der Waals surface area contributed by atoms with Crippen LogP contribution in [-0.2, 0) is 31.3 Å². The lowest BCUT2D eigenvalue weighted by molar-refractivity contribution is 0.225. The molecular formula is C17H22N2O8P2. The van der Waals surface area contributed by atoms with Gasteiger partial charge in [0.1, 0.15) is 0 Å². The minimum atomic E-state index is -5.05. The van der Waals surface area contributed by atoms with Crippen molar-refractivity contribution in [3.05, 3.63) is 59.7 Å². The smallest absolute Gasteiger partial charge is 0.466 e. The Morgan fingerprint density at radius 2 is 1.34 bits per heavy atom. The van der Waals surface area contributed by atoms with Gasteiger partial charge in [-0.15, -0.1) is 0 Å². The maximum Gasteiger partial charge on any atom is 0.478 e. The van der Waals surface area contributed by atoms with Crippen LogP contribution in [0.3, 0.4) is 0 Å². The Kier molecular flexibility index (Phi) is 7.73. The monoisotopic (exact) mass is 444 g/mol. The van der Waals surface area contributed by atoms with Crippen molar-refractivity contribution in [2.75, 3.05) is 6.61 Å². The minimum Gasteiger partial charge on any atom is -0.466 e. The van der Waals surface area contributed by atoms with E-state index in [1.165, 1.54) is 22.3 Å². The minimum absolute atomic E-state index is 0.249. The van der Waals surface area contributed by atoms with E-state index in [0.717, 1.165) is 0 Å². The summed E-state index contributed by atoms with van der Waals surface area (Å²) >= 11 is 0. The van der Waals surface area contributed by atoms with Crippen LogP contribution >= 0.6 is 15.6 Å². The van der Waals surface area contributed by atoms with Crippen LogP contribution < -0.4 is 0 Å². The zero-order chi connectivity index (χ0) is 21.7. The molecule has 0 bridgehead atoms. The first-order chi connectivity index (χ1) is 13.5. The summed E-state index contributed by atoms with van der Waals surface area (Å²) in [4.78, 5) is 33.0. The van der Waals surface area contributed by atoms with Gasteiger partial charge in [0.15, 0.2) is 0 Å². The van der Waals surface area contributed by atoms with Crippen LogP contribution in [0.4, 0.5) is 0 Å². The lowest BCUT2D eigenvalue weighted by atomic mass is 9.97. The highest BCUT2D eigenvalue weighted by atomic mass is 31.3. The summed E-state index contributed by atoms with van der Waals surface area (Å²) in [5.74, 6) is 0. The lowest BCUT2D eigenvalue weighted by Crippen LogP contribution is -2.30. The van der Waals surface area contributed by atoms with E-state index >= 15 is 0 Å². The van der Waals surface area contributed by atoms with Crippen LogP contribution in [0.15, 0.2) is 48.5 Å². The Labute approximate surface area is 167 Å². The second-order valence-electron chi connectivity index (χ2n) is 5.97. The van der Waals surface area contributed by atoms with Gasteiger partial charge in [0.05, 0.1) is 6.61 Å². The van der Waals surface area contributed by atoms with E-state index in [1.807, 2.05) is 11.8 Å². The zero-order valence-corrected chi connectivity index (χ0v) is 17.3. The second-order valence-corrected chi connectivity index (χ2v) is 8.59. The largest absolute Gasteiger partial charge is 0.478 e. The fraction of sp³-hybridized carbons (Fsp3) is 0.235. The number of hydrogen-bond donors (Lipinski definition) is 5. The van der Waals surface area contributed by atoms with Gasteiger partial charge in [-0.05, 0) is 29.2 Å². The molecule has 0 saturated carbocycles. The topological polar surface area (TPSA) is 161 Å². The van der Waals surface area contributed by atoms with Crippen LogP contribution in [0.2, 0.25) is 0 Å². The molecule has 12 heteroatoms. The molecular weight excluding hydrogens is 422 g/mol. The van der Waals surface area contributed by atoms with E-state index < -0.39 is 15.6 Å². The molecule has 0 amide bonds. The van der Waals surface area contributed by atoms with Crippen LogP contribution in [0.1, 0.15) is 18.1 Å². The molecule has 3 rings (SSSR count). The van der Waals surface area contributed by atoms with E-state index in [-0.39, 0.29) is 6.02 Å². The molecule has 5 N–H and O–H groups in total. The van der Waals surface area contributed by atoms with Gasteiger partial charge < -0.3 is 29.2 Å². The van der Waals surface area contributed by atoms with Crippen molar-refractivity contribution in [3.8, 4) is 11.1 Å². The number of hydrogen-bond acceptors (Lipinski definition) is 5. The van der Waals surface area contributed by atoms with Crippen molar-refractivity contribution in [1.82, 2.24) is 4.90 Å². The van der Waals surface area contributed by atoms with Gasteiger partial charge in [-0.3, -0.25) is 5.41 Å². The number of benzene rings is 2. The molecule has 2 aromatic carbocycles. The first-order valence-corrected chi connectivity index (χ1v) is 11.5. The molecule has 0 aromatic heterocycles. The summed E-state index contributed by atoms with van der Waals surface area (Å²) < 4.78 is 27.6. The van der Waals surface area contributed by atoms with Crippen LogP contribution in [0.25, 0.3) is 11.1 Å². The molecule has 2 aromatic rings. The van der Waals surface area contributed by atoms with Crippen molar-refractivity contribution < 1.29 is 37.8 Å². The van der Waals surface area contributed by atoms with Gasteiger partial charge in [0.2, 0.25) is 0 Å². The predicted molar refractivity (Wildman–Crippen MR) is 106 cm³/mol. The Balaban J connectivity index is 0.000000284.